The zero-order chi connectivity index (χ0) is 13.7. The van der Waals surface area contributed by atoms with Crippen LogP contribution in [0.15, 0.2) is 12.1 Å². The number of aromatic nitrogens is 1. The van der Waals surface area contributed by atoms with Crippen molar-refractivity contribution >= 4 is 17.4 Å². The molecule has 1 aliphatic heterocycles. The van der Waals surface area contributed by atoms with Gasteiger partial charge in [0.15, 0.2) is 0 Å². The minimum absolute atomic E-state index is 0.141. The van der Waals surface area contributed by atoms with E-state index in [1.165, 1.54) is 0 Å². The lowest BCUT2D eigenvalue weighted by atomic mass is 10.3. The molecule has 0 atom stereocenters. The van der Waals surface area contributed by atoms with Crippen molar-refractivity contribution in [1.82, 2.24) is 9.88 Å². The van der Waals surface area contributed by atoms with Crippen molar-refractivity contribution in [3.63, 3.8) is 0 Å². The number of rotatable bonds is 4. The molecule has 0 saturated carbocycles. The highest BCUT2D eigenvalue weighted by Gasteiger charge is 2.16. The molecular weight excluding hydrogens is 244 g/mol. The van der Waals surface area contributed by atoms with Crippen molar-refractivity contribution in [2.45, 2.75) is 13.3 Å². The van der Waals surface area contributed by atoms with Crippen LogP contribution < -0.4 is 11.1 Å². The molecule has 1 aromatic rings. The number of ether oxygens (including phenoxy) is 1. The van der Waals surface area contributed by atoms with Gasteiger partial charge in [-0.15, -0.1) is 0 Å². The van der Waals surface area contributed by atoms with E-state index >= 15 is 0 Å². The summed E-state index contributed by atoms with van der Waals surface area (Å²) in [5.74, 6) is 0.789. The fraction of sp³-hybridized carbons (Fsp3) is 0.538. The summed E-state index contributed by atoms with van der Waals surface area (Å²) in [5, 5.41) is 3.11. The Labute approximate surface area is 112 Å². The van der Waals surface area contributed by atoms with Gasteiger partial charge in [0.1, 0.15) is 5.82 Å². The normalized spacial score (nSPS) is 15.3. The van der Waals surface area contributed by atoms with Crippen LogP contribution in [0.2, 0.25) is 0 Å². The third kappa shape index (κ3) is 3.82. The smallest absolute Gasteiger partial charge is 0.224 e. The Hall–Kier alpha value is -1.82. The molecule has 2 heterocycles. The van der Waals surface area contributed by atoms with Gasteiger partial charge >= 0.3 is 0 Å². The molecule has 0 bridgehead atoms. The maximum absolute atomic E-state index is 11.9. The summed E-state index contributed by atoms with van der Waals surface area (Å²) in [6.07, 6.45) is 0.440. The summed E-state index contributed by atoms with van der Waals surface area (Å²) in [5.41, 5.74) is 7.31. The number of carbonyl (C=O) groups excluding carboxylic acids is 1. The minimum atomic E-state index is 0.141. The molecule has 1 aliphatic rings. The highest BCUT2D eigenvalue weighted by Crippen LogP contribution is 2.15. The van der Waals surface area contributed by atoms with Gasteiger partial charge in [0, 0.05) is 31.7 Å². The third-order valence-corrected chi connectivity index (χ3v) is 3.06. The first kappa shape index (κ1) is 13.6. The summed E-state index contributed by atoms with van der Waals surface area (Å²) >= 11 is 0. The largest absolute Gasteiger partial charge is 0.396 e. The van der Waals surface area contributed by atoms with Crippen molar-refractivity contribution in [1.29, 1.82) is 0 Å². The van der Waals surface area contributed by atoms with E-state index in [4.69, 9.17) is 10.5 Å². The van der Waals surface area contributed by atoms with Gasteiger partial charge in [0.2, 0.25) is 5.91 Å². The number of amides is 1. The maximum atomic E-state index is 11.9. The molecule has 1 fully saturated rings. The van der Waals surface area contributed by atoms with Crippen LogP contribution >= 0.6 is 0 Å². The predicted octanol–water partition coefficient (Wildman–Crippen LogP) is 0.633. The number of hydrogen-bond donors (Lipinski definition) is 2. The lowest BCUT2D eigenvalue weighted by Crippen LogP contribution is -2.41. The van der Waals surface area contributed by atoms with Crippen LogP contribution in [0.3, 0.4) is 0 Å². The summed E-state index contributed by atoms with van der Waals surface area (Å²) < 4.78 is 5.22. The molecule has 1 saturated heterocycles. The number of pyridine rings is 1. The Balaban J connectivity index is 1.79. The third-order valence-electron chi connectivity index (χ3n) is 3.06. The lowest BCUT2D eigenvalue weighted by molar-refractivity contribution is -0.134. The van der Waals surface area contributed by atoms with Crippen molar-refractivity contribution in [2.24, 2.45) is 0 Å². The van der Waals surface area contributed by atoms with Crippen LogP contribution in [0.4, 0.5) is 11.5 Å². The van der Waals surface area contributed by atoms with Gasteiger partial charge in [-0.1, -0.05) is 0 Å². The first-order valence-electron chi connectivity index (χ1n) is 6.49. The quantitative estimate of drug-likeness (QED) is 0.834. The second kappa shape index (κ2) is 6.38. The van der Waals surface area contributed by atoms with E-state index in [1.807, 2.05) is 24.0 Å². The number of nitrogen functional groups attached to an aromatic ring is 1. The van der Waals surface area contributed by atoms with Crippen molar-refractivity contribution < 1.29 is 9.53 Å². The molecule has 0 unspecified atom stereocenters. The van der Waals surface area contributed by atoms with Crippen LogP contribution in [0.5, 0.6) is 0 Å². The van der Waals surface area contributed by atoms with Gasteiger partial charge in [-0.2, -0.15) is 0 Å². The Morgan fingerprint density at radius 3 is 2.95 bits per heavy atom. The second-order valence-corrected chi connectivity index (χ2v) is 4.56. The molecule has 6 nitrogen and oxygen atoms in total. The van der Waals surface area contributed by atoms with Crippen LogP contribution in [-0.2, 0) is 9.53 Å². The molecule has 0 aromatic carbocycles. The van der Waals surface area contributed by atoms with Gasteiger partial charge in [0.25, 0.3) is 0 Å². The summed E-state index contributed by atoms with van der Waals surface area (Å²) in [6.45, 7) is 5.07. The number of anilines is 2. The van der Waals surface area contributed by atoms with E-state index in [9.17, 15) is 4.79 Å². The molecule has 0 radical (unpaired) electrons. The number of carbonyl (C=O) groups is 1. The number of morpholine rings is 1. The number of nitrogens with zero attached hydrogens (tertiary/aromatic N) is 2. The van der Waals surface area contributed by atoms with Crippen LogP contribution in [0.1, 0.15) is 12.1 Å². The highest BCUT2D eigenvalue weighted by molar-refractivity contribution is 5.77. The van der Waals surface area contributed by atoms with Gasteiger partial charge < -0.3 is 20.7 Å². The molecular formula is C13H20N4O2. The van der Waals surface area contributed by atoms with Crippen LogP contribution in [0, 0.1) is 6.92 Å². The summed E-state index contributed by atoms with van der Waals surface area (Å²) in [6, 6.07) is 3.67. The Morgan fingerprint density at radius 2 is 2.21 bits per heavy atom. The molecule has 0 spiro atoms. The van der Waals surface area contributed by atoms with E-state index in [2.05, 4.69) is 10.3 Å². The fourth-order valence-corrected chi connectivity index (χ4v) is 1.97. The summed E-state index contributed by atoms with van der Waals surface area (Å²) in [4.78, 5) is 18.1. The van der Waals surface area contributed by atoms with Gasteiger partial charge in [-0.3, -0.25) is 4.79 Å². The standard InChI is InChI=1S/C13H20N4O2/c1-10-2-3-11(14)13(16-10)15-5-4-12(18)17-6-8-19-9-7-17/h2-3H,4-9,14H2,1H3,(H,15,16). The topological polar surface area (TPSA) is 80.5 Å². The zero-order valence-corrected chi connectivity index (χ0v) is 11.2. The zero-order valence-electron chi connectivity index (χ0n) is 11.2. The fourth-order valence-electron chi connectivity index (χ4n) is 1.97. The first-order valence-corrected chi connectivity index (χ1v) is 6.49. The molecule has 2 rings (SSSR count). The molecule has 6 heteroatoms. The average molecular weight is 264 g/mol. The molecule has 1 aromatic heterocycles. The van der Waals surface area contributed by atoms with Crippen molar-refractivity contribution in [3.8, 4) is 0 Å². The van der Waals surface area contributed by atoms with Crippen LogP contribution in [-0.4, -0.2) is 48.6 Å². The maximum Gasteiger partial charge on any atom is 0.224 e. The number of aryl methyl sites for hydroxylation is 1. The average Bonchev–Trinajstić information content (AvgIpc) is 2.43. The Kier molecular flexibility index (Phi) is 4.57. The minimum Gasteiger partial charge on any atom is -0.396 e. The highest BCUT2D eigenvalue weighted by atomic mass is 16.5. The predicted molar refractivity (Wildman–Crippen MR) is 73.9 cm³/mol. The number of nitrogens with one attached hydrogen (secondary N) is 1. The van der Waals surface area contributed by atoms with E-state index in [0.29, 0.717) is 50.8 Å². The Bertz CT molecular complexity index is 444. The SMILES string of the molecule is Cc1ccc(N)c(NCCC(=O)N2CCOCC2)n1. The van der Waals surface area contributed by atoms with Crippen LogP contribution in [0.25, 0.3) is 0 Å². The van der Waals surface area contributed by atoms with Gasteiger partial charge in [-0.25, -0.2) is 4.98 Å². The summed E-state index contributed by atoms with van der Waals surface area (Å²) in [7, 11) is 0. The first-order chi connectivity index (χ1) is 9.16. The molecule has 104 valence electrons. The van der Waals surface area contributed by atoms with Gasteiger partial charge in [-0.05, 0) is 19.1 Å². The van der Waals surface area contributed by atoms with E-state index < -0.39 is 0 Å². The monoisotopic (exact) mass is 264 g/mol. The van der Waals surface area contributed by atoms with Gasteiger partial charge in [0.05, 0.1) is 18.9 Å². The second-order valence-electron chi connectivity index (χ2n) is 4.56. The Morgan fingerprint density at radius 1 is 1.47 bits per heavy atom. The van der Waals surface area contributed by atoms with Crippen molar-refractivity contribution in [2.75, 3.05) is 43.9 Å². The van der Waals surface area contributed by atoms with E-state index in [1.54, 1.807) is 0 Å². The van der Waals surface area contributed by atoms with Crippen molar-refractivity contribution in [3.05, 3.63) is 17.8 Å². The lowest BCUT2D eigenvalue weighted by Gasteiger charge is -2.26. The molecule has 1 amide bonds. The van der Waals surface area contributed by atoms with E-state index in [0.717, 1.165) is 5.69 Å². The molecule has 19 heavy (non-hydrogen) atoms. The number of nitrogens with two attached hydrogens (primary N) is 1. The number of hydrogen-bond acceptors (Lipinski definition) is 5. The molecule has 0 aliphatic carbocycles. The van der Waals surface area contributed by atoms with E-state index in [-0.39, 0.29) is 5.91 Å². The molecule has 3 N–H and O–H groups in total.